The van der Waals surface area contributed by atoms with E-state index in [2.05, 4.69) is 26.3 Å². The van der Waals surface area contributed by atoms with Crippen molar-refractivity contribution in [3.8, 4) is 5.69 Å². The number of amides is 1. The van der Waals surface area contributed by atoms with Gasteiger partial charge in [-0.1, -0.05) is 30.3 Å². The number of carbonyl (C=O) groups excluding carboxylic acids is 1. The van der Waals surface area contributed by atoms with E-state index >= 15 is 0 Å². The number of hydrogen-bond donors (Lipinski definition) is 1. The van der Waals surface area contributed by atoms with Crippen LogP contribution in [0.1, 0.15) is 5.56 Å². The minimum Gasteiger partial charge on any atom is -0.321 e. The molecule has 1 aromatic heterocycles. The Kier molecular flexibility index (Phi) is 4.68. The molecule has 23 heavy (non-hydrogen) atoms. The van der Waals surface area contributed by atoms with E-state index in [0.717, 1.165) is 21.4 Å². The summed E-state index contributed by atoms with van der Waals surface area (Å²) in [6.45, 7) is 0. The molecule has 114 valence electrons. The van der Waals surface area contributed by atoms with Crippen LogP contribution in [-0.4, -0.2) is 15.7 Å². The van der Waals surface area contributed by atoms with E-state index in [4.69, 9.17) is 0 Å². The molecule has 3 aromatic rings. The zero-order valence-corrected chi connectivity index (χ0v) is 13.8. The van der Waals surface area contributed by atoms with Crippen LogP contribution in [0.5, 0.6) is 0 Å². The van der Waals surface area contributed by atoms with Gasteiger partial charge < -0.3 is 5.32 Å². The van der Waals surface area contributed by atoms with Crippen LogP contribution in [0, 0.1) is 0 Å². The van der Waals surface area contributed by atoms with Crippen LogP contribution >= 0.6 is 15.9 Å². The Morgan fingerprint density at radius 3 is 2.61 bits per heavy atom. The Labute approximate surface area is 142 Å². The quantitative estimate of drug-likeness (QED) is 0.699. The van der Waals surface area contributed by atoms with E-state index in [0.29, 0.717) is 0 Å². The van der Waals surface area contributed by atoms with Crippen molar-refractivity contribution in [3.63, 3.8) is 0 Å². The molecule has 0 fully saturated rings. The Morgan fingerprint density at radius 1 is 1.09 bits per heavy atom. The van der Waals surface area contributed by atoms with E-state index in [1.165, 1.54) is 6.08 Å². The highest BCUT2D eigenvalue weighted by molar-refractivity contribution is 9.10. The third-order valence-corrected chi connectivity index (χ3v) is 3.87. The number of benzene rings is 2. The zero-order chi connectivity index (χ0) is 16.1. The van der Waals surface area contributed by atoms with Gasteiger partial charge in [-0.3, -0.25) is 4.79 Å². The maximum Gasteiger partial charge on any atom is 0.248 e. The standard InChI is InChI=1S/C18H14BrN3O/c19-16-8-4-5-9-17(16)21-18(23)11-10-14-12-20-22(13-14)15-6-2-1-3-7-15/h1-13H,(H,21,23)/b11-10+. The summed E-state index contributed by atoms with van der Waals surface area (Å²) in [7, 11) is 0. The molecule has 1 N–H and O–H groups in total. The van der Waals surface area contributed by atoms with Crippen LogP contribution in [0.25, 0.3) is 11.8 Å². The van der Waals surface area contributed by atoms with Gasteiger partial charge >= 0.3 is 0 Å². The highest BCUT2D eigenvalue weighted by Crippen LogP contribution is 2.21. The average Bonchev–Trinajstić information content (AvgIpc) is 3.05. The second kappa shape index (κ2) is 7.07. The number of carbonyl (C=O) groups is 1. The van der Waals surface area contributed by atoms with Gasteiger partial charge in [0.05, 0.1) is 17.6 Å². The number of aromatic nitrogens is 2. The molecule has 0 unspecified atom stereocenters. The largest absolute Gasteiger partial charge is 0.321 e. The van der Waals surface area contributed by atoms with Gasteiger partial charge in [0.2, 0.25) is 5.91 Å². The van der Waals surface area contributed by atoms with Crippen molar-refractivity contribution in [3.05, 3.63) is 83.1 Å². The molecule has 1 amide bonds. The van der Waals surface area contributed by atoms with Crippen molar-refractivity contribution in [2.24, 2.45) is 0 Å². The smallest absolute Gasteiger partial charge is 0.248 e. The summed E-state index contributed by atoms with van der Waals surface area (Å²) in [5, 5.41) is 7.11. The molecule has 0 saturated carbocycles. The predicted molar refractivity (Wildman–Crippen MR) is 95.4 cm³/mol. The molecular weight excluding hydrogens is 354 g/mol. The first-order valence-corrected chi connectivity index (χ1v) is 7.85. The summed E-state index contributed by atoms with van der Waals surface area (Å²) >= 11 is 3.40. The third kappa shape index (κ3) is 3.96. The van der Waals surface area contributed by atoms with Crippen LogP contribution in [0.4, 0.5) is 5.69 Å². The molecule has 0 spiro atoms. The Balaban J connectivity index is 1.68. The molecule has 5 heteroatoms. The molecule has 0 aliphatic carbocycles. The molecule has 0 atom stereocenters. The second-order valence-corrected chi connectivity index (χ2v) is 5.71. The molecule has 2 aromatic carbocycles. The lowest BCUT2D eigenvalue weighted by atomic mass is 10.3. The number of anilines is 1. The summed E-state index contributed by atoms with van der Waals surface area (Å²) in [5.41, 5.74) is 2.57. The van der Waals surface area contributed by atoms with E-state index in [9.17, 15) is 4.79 Å². The fourth-order valence-electron chi connectivity index (χ4n) is 2.05. The van der Waals surface area contributed by atoms with Gasteiger partial charge in [-0.15, -0.1) is 0 Å². The summed E-state index contributed by atoms with van der Waals surface area (Å²) < 4.78 is 2.62. The van der Waals surface area contributed by atoms with Crippen molar-refractivity contribution < 1.29 is 4.79 Å². The number of nitrogens with zero attached hydrogens (tertiary/aromatic N) is 2. The Hall–Kier alpha value is -2.66. The maximum atomic E-state index is 12.0. The lowest BCUT2D eigenvalue weighted by Crippen LogP contribution is -2.07. The molecule has 3 rings (SSSR count). The van der Waals surface area contributed by atoms with E-state index < -0.39 is 0 Å². The highest BCUT2D eigenvalue weighted by atomic mass is 79.9. The van der Waals surface area contributed by atoms with Crippen LogP contribution in [-0.2, 0) is 4.79 Å². The predicted octanol–water partition coefficient (Wildman–Crippen LogP) is 4.29. The first kappa shape index (κ1) is 15.2. The van der Waals surface area contributed by atoms with Gasteiger partial charge in [-0.25, -0.2) is 4.68 Å². The maximum absolute atomic E-state index is 12.0. The molecular formula is C18H14BrN3O. The van der Waals surface area contributed by atoms with Crippen LogP contribution in [0.15, 0.2) is 77.5 Å². The van der Waals surface area contributed by atoms with Crippen LogP contribution in [0.2, 0.25) is 0 Å². The Bertz CT molecular complexity index is 840. The molecule has 0 saturated heterocycles. The number of hydrogen-bond acceptors (Lipinski definition) is 2. The second-order valence-electron chi connectivity index (χ2n) is 4.86. The topological polar surface area (TPSA) is 46.9 Å². The van der Waals surface area contributed by atoms with Gasteiger partial charge in [-0.05, 0) is 46.3 Å². The molecule has 1 heterocycles. The molecule has 4 nitrogen and oxygen atoms in total. The molecule has 0 bridgehead atoms. The summed E-state index contributed by atoms with van der Waals surface area (Å²) in [5.74, 6) is -0.190. The fraction of sp³-hybridized carbons (Fsp3) is 0. The van der Waals surface area contributed by atoms with E-state index in [-0.39, 0.29) is 5.91 Å². The van der Waals surface area contributed by atoms with Crippen molar-refractivity contribution >= 4 is 33.6 Å². The van der Waals surface area contributed by atoms with Gasteiger partial charge in [-0.2, -0.15) is 5.10 Å². The lowest BCUT2D eigenvalue weighted by Gasteiger charge is -2.03. The number of para-hydroxylation sites is 2. The van der Waals surface area contributed by atoms with Crippen molar-refractivity contribution in [1.29, 1.82) is 0 Å². The molecule has 0 radical (unpaired) electrons. The highest BCUT2D eigenvalue weighted by Gasteiger charge is 2.02. The number of nitrogens with one attached hydrogen (secondary N) is 1. The van der Waals surface area contributed by atoms with E-state index in [1.54, 1.807) is 17.0 Å². The van der Waals surface area contributed by atoms with Crippen LogP contribution in [0.3, 0.4) is 0 Å². The van der Waals surface area contributed by atoms with Crippen LogP contribution < -0.4 is 5.32 Å². The first-order chi connectivity index (χ1) is 11.2. The van der Waals surface area contributed by atoms with Crippen molar-refractivity contribution in [2.75, 3.05) is 5.32 Å². The van der Waals surface area contributed by atoms with Gasteiger partial charge in [0, 0.05) is 22.3 Å². The van der Waals surface area contributed by atoms with Gasteiger partial charge in [0.25, 0.3) is 0 Å². The zero-order valence-electron chi connectivity index (χ0n) is 12.2. The average molecular weight is 368 g/mol. The minimum atomic E-state index is -0.190. The van der Waals surface area contributed by atoms with Crippen molar-refractivity contribution in [2.45, 2.75) is 0 Å². The number of halogens is 1. The SMILES string of the molecule is O=C(/C=C/c1cnn(-c2ccccc2)c1)Nc1ccccc1Br. The van der Waals surface area contributed by atoms with Gasteiger partial charge in [0.15, 0.2) is 0 Å². The number of rotatable bonds is 4. The van der Waals surface area contributed by atoms with Crippen molar-refractivity contribution in [1.82, 2.24) is 9.78 Å². The lowest BCUT2D eigenvalue weighted by molar-refractivity contribution is -0.111. The normalized spacial score (nSPS) is 10.8. The summed E-state index contributed by atoms with van der Waals surface area (Å²) in [4.78, 5) is 12.0. The summed E-state index contributed by atoms with van der Waals surface area (Å²) in [6.07, 6.45) is 6.82. The van der Waals surface area contributed by atoms with Gasteiger partial charge in [0.1, 0.15) is 0 Å². The molecule has 0 aliphatic rings. The Morgan fingerprint density at radius 2 is 1.83 bits per heavy atom. The third-order valence-electron chi connectivity index (χ3n) is 3.18. The van der Waals surface area contributed by atoms with E-state index in [1.807, 2.05) is 60.8 Å². The minimum absolute atomic E-state index is 0.190. The first-order valence-electron chi connectivity index (χ1n) is 7.06. The monoisotopic (exact) mass is 367 g/mol. The summed E-state index contributed by atoms with van der Waals surface area (Å²) in [6, 6.07) is 17.3. The molecule has 0 aliphatic heterocycles. The fourth-order valence-corrected chi connectivity index (χ4v) is 2.44.